The molecule has 2 aromatic rings. The van der Waals surface area contributed by atoms with E-state index in [4.69, 9.17) is 10.00 Å². The van der Waals surface area contributed by atoms with Crippen LogP contribution in [0.25, 0.3) is 0 Å². The summed E-state index contributed by atoms with van der Waals surface area (Å²) in [7, 11) is 0. The lowest BCUT2D eigenvalue weighted by molar-refractivity contribution is -0.125. The number of para-hydroxylation sites is 1. The zero-order valence-electron chi connectivity index (χ0n) is 18.1. The number of nitriles is 1. The molecule has 32 heavy (non-hydrogen) atoms. The fraction of sp³-hybridized carbons (Fsp3) is 0.400. The molecule has 1 saturated heterocycles. The van der Waals surface area contributed by atoms with E-state index in [0.717, 1.165) is 5.56 Å². The van der Waals surface area contributed by atoms with Gasteiger partial charge in [0, 0.05) is 50.2 Å². The predicted molar refractivity (Wildman–Crippen MR) is 119 cm³/mol. The van der Waals surface area contributed by atoms with Gasteiger partial charge in [-0.2, -0.15) is 5.26 Å². The number of anilines is 1. The summed E-state index contributed by atoms with van der Waals surface area (Å²) in [5.74, 6) is -0.731. The van der Waals surface area contributed by atoms with Gasteiger partial charge in [-0.1, -0.05) is 30.3 Å². The fourth-order valence-electron chi connectivity index (χ4n) is 4.03. The van der Waals surface area contributed by atoms with Crippen molar-refractivity contribution in [3.63, 3.8) is 0 Å². The first-order valence-corrected chi connectivity index (χ1v) is 10.9. The van der Waals surface area contributed by atoms with Crippen LogP contribution in [0.5, 0.6) is 0 Å². The standard InChI is InChI=1S/C25H28FN3O3/c26-21-7-4-6-20(18-21)25(12-16-32-17-13-25)19-28-23(30)10-11-24(31)29(15-5-14-27)22-8-2-1-3-9-22/h1-4,6-9,18H,5,10-13,15-17,19H2,(H,28,30). The highest BCUT2D eigenvalue weighted by Crippen LogP contribution is 2.34. The first kappa shape index (κ1) is 23.4. The second-order valence-corrected chi connectivity index (χ2v) is 7.97. The van der Waals surface area contributed by atoms with Gasteiger partial charge in [0.1, 0.15) is 5.82 Å². The van der Waals surface area contributed by atoms with Crippen LogP contribution in [-0.2, 0) is 19.7 Å². The predicted octanol–water partition coefficient (Wildman–Crippen LogP) is 3.72. The van der Waals surface area contributed by atoms with Crippen LogP contribution < -0.4 is 10.2 Å². The number of hydrogen-bond acceptors (Lipinski definition) is 4. The van der Waals surface area contributed by atoms with Crippen LogP contribution in [0.2, 0.25) is 0 Å². The fourth-order valence-corrected chi connectivity index (χ4v) is 4.03. The van der Waals surface area contributed by atoms with Gasteiger partial charge < -0.3 is 15.0 Å². The van der Waals surface area contributed by atoms with E-state index in [1.165, 1.54) is 12.1 Å². The summed E-state index contributed by atoms with van der Waals surface area (Å²) in [6, 6.07) is 17.7. The third-order valence-electron chi connectivity index (χ3n) is 5.89. The molecule has 0 unspecified atom stereocenters. The van der Waals surface area contributed by atoms with Crippen molar-refractivity contribution >= 4 is 17.5 Å². The molecule has 1 heterocycles. The zero-order chi connectivity index (χ0) is 22.8. The van der Waals surface area contributed by atoms with Gasteiger partial charge in [-0.05, 0) is 42.7 Å². The van der Waals surface area contributed by atoms with E-state index >= 15 is 0 Å². The van der Waals surface area contributed by atoms with Crippen LogP contribution >= 0.6 is 0 Å². The summed E-state index contributed by atoms with van der Waals surface area (Å²) in [5, 5.41) is 11.9. The van der Waals surface area contributed by atoms with E-state index in [0.29, 0.717) is 38.3 Å². The Bertz CT molecular complexity index is 952. The van der Waals surface area contributed by atoms with Gasteiger partial charge in [-0.25, -0.2) is 4.39 Å². The number of rotatable bonds is 9. The first-order valence-electron chi connectivity index (χ1n) is 10.9. The van der Waals surface area contributed by atoms with Crippen LogP contribution in [0.3, 0.4) is 0 Å². The van der Waals surface area contributed by atoms with Gasteiger partial charge in [0.25, 0.3) is 0 Å². The van der Waals surface area contributed by atoms with Crippen LogP contribution in [0, 0.1) is 17.1 Å². The van der Waals surface area contributed by atoms with E-state index in [9.17, 15) is 14.0 Å². The molecule has 2 aromatic carbocycles. The van der Waals surface area contributed by atoms with Crippen molar-refractivity contribution in [2.45, 2.75) is 37.5 Å². The maximum absolute atomic E-state index is 13.8. The molecule has 1 aliphatic heterocycles. The molecule has 2 amide bonds. The number of nitrogens with zero attached hydrogens (tertiary/aromatic N) is 2. The van der Waals surface area contributed by atoms with Gasteiger partial charge in [0.15, 0.2) is 0 Å². The lowest BCUT2D eigenvalue weighted by atomic mass is 9.74. The maximum Gasteiger partial charge on any atom is 0.227 e. The summed E-state index contributed by atoms with van der Waals surface area (Å²) in [6.07, 6.45) is 1.68. The summed E-state index contributed by atoms with van der Waals surface area (Å²) in [4.78, 5) is 26.9. The molecule has 0 aliphatic carbocycles. The highest BCUT2D eigenvalue weighted by molar-refractivity contribution is 5.95. The second-order valence-electron chi connectivity index (χ2n) is 7.97. The van der Waals surface area contributed by atoms with Crippen molar-refractivity contribution in [2.24, 2.45) is 0 Å². The molecule has 0 saturated carbocycles. The quantitative estimate of drug-likeness (QED) is 0.648. The Kier molecular flexibility index (Phi) is 8.34. The average molecular weight is 438 g/mol. The summed E-state index contributed by atoms with van der Waals surface area (Å²) in [5.41, 5.74) is 1.17. The molecule has 0 aromatic heterocycles. The van der Waals surface area contributed by atoms with Crippen molar-refractivity contribution in [3.8, 4) is 6.07 Å². The van der Waals surface area contributed by atoms with Gasteiger partial charge in [-0.3, -0.25) is 9.59 Å². The number of carbonyl (C=O) groups excluding carboxylic acids is 2. The Hall–Kier alpha value is -3.24. The van der Waals surface area contributed by atoms with E-state index < -0.39 is 0 Å². The van der Waals surface area contributed by atoms with E-state index in [1.807, 2.05) is 36.4 Å². The molecule has 1 aliphatic rings. The number of halogens is 1. The molecule has 1 fully saturated rings. The monoisotopic (exact) mass is 437 g/mol. The van der Waals surface area contributed by atoms with Crippen molar-refractivity contribution in [1.29, 1.82) is 5.26 Å². The van der Waals surface area contributed by atoms with Crippen LogP contribution in [0.1, 0.15) is 37.7 Å². The molecular weight excluding hydrogens is 409 g/mol. The Balaban J connectivity index is 1.59. The van der Waals surface area contributed by atoms with Crippen molar-refractivity contribution in [3.05, 3.63) is 66.0 Å². The molecule has 168 valence electrons. The van der Waals surface area contributed by atoms with Crippen LogP contribution in [0.15, 0.2) is 54.6 Å². The third kappa shape index (κ3) is 6.14. The largest absolute Gasteiger partial charge is 0.381 e. The SMILES string of the molecule is N#CCCN(C(=O)CCC(=O)NCC1(c2cccc(F)c2)CCOCC1)c1ccccc1. The molecule has 0 radical (unpaired) electrons. The highest BCUT2D eigenvalue weighted by atomic mass is 19.1. The summed E-state index contributed by atoms with van der Waals surface area (Å²) >= 11 is 0. The minimum atomic E-state index is -0.386. The molecule has 0 atom stereocenters. The van der Waals surface area contributed by atoms with E-state index in [2.05, 4.69) is 11.4 Å². The normalized spacial score (nSPS) is 14.9. The molecule has 1 N–H and O–H groups in total. The summed E-state index contributed by atoms with van der Waals surface area (Å²) in [6.45, 7) is 1.75. The number of benzene rings is 2. The van der Waals surface area contributed by atoms with Crippen molar-refractivity contribution in [2.75, 3.05) is 31.2 Å². The Morgan fingerprint density at radius 2 is 1.84 bits per heavy atom. The zero-order valence-corrected chi connectivity index (χ0v) is 18.1. The minimum Gasteiger partial charge on any atom is -0.381 e. The van der Waals surface area contributed by atoms with E-state index in [-0.39, 0.29) is 48.9 Å². The number of amides is 2. The lowest BCUT2D eigenvalue weighted by Crippen LogP contribution is -2.44. The maximum atomic E-state index is 13.8. The second kappa shape index (κ2) is 11.4. The van der Waals surface area contributed by atoms with Gasteiger partial charge in [0.05, 0.1) is 12.5 Å². The van der Waals surface area contributed by atoms with Crippen molar-refractivity contribution in [1.82, 2.24) is 5.32 Å². The number of nitrogens with one attached hydrogen (secondary N) is 1. The van der Waals surface area contributed by atoms with E-state index in [1.54, 1.807) is 11.0 Å². The lowest BCUT2D eigenvalue weighted by Gasteiger charge is -2.38. The molecule has 3 rings (SSSR count). The molecule has 0 bridgehead atoms. The molecule has 6 nitrogen and oxygen atoms in total. The number of ether oxygens (including phenoxy) is 1. The van der Waals surface area contributed by atoms with Gasteiger partial charge in [0.2, 0.25) is 11.8 Å². The third-order valence-corrected chi connectivity index (χ3v) is 5.89. The molecule has 0 spiro atoms. The minimum absolute atomic E-state index is 0.0439. The van der Waals surface area contributed by atoms with Crippen LogP contribution in [-0.4, -0.2) is 38.1 Å². The number of hydrogen-bond donors (Lipinski definition) is 1. The Labute approximate surface area is 188 Å². The Morgan fingerprint density at radius 1 is 1.09 bits per heavy atom. The topological polar surface area (TPSA) is 82.4 Å². The smallest absolute Gasteiger partial charge is 0.227 e. The molecule has 7 heteroatoms. The highest BCUT2D eigenvalue weighted by Gasteiger charge is 2.35. The van der Waals surface area contributed by atoms with Gasteiger partial charge >= 0.3 is 0 Å². The summed E-state index contributed by atoms with van der Waals surface area (Å²) < 4.78 is 19.3. The first-order chi connectivity index (χ1) is 15.5. The Morgan fingerprint density at radius 3 is 2.53 bits per heavy atom. The molecular formula is C25H28FN3O3. The van der Waals surface area contributed by atoms with Crippen molar-refractivity contribution < 1.29 is 18.7 Å². The number of carbonyl (C=O) groups is 2. The van der Waals surface area contributed by atoms with Gasteiger partial charge in [-0.15, -0.1) is 0 Å². The van der Waals surface area contributed by atoms with Crippen LogP contribution in [0.4, 0.5) is 10.1 Å². The average Bonchev–Trinajstić information content (AvgIpc) is 2.83.